The lowest BCUT2D eigenvalue weighted by Gasteiger charge is -2.26. The summed E-state index contributed by atoms with van der Waals surface area (Å²) in [7, 11) is 0. The fourth-order valence-corrected chi connectivity index (χ4v) is 10.1. The number of nitrogens with zero attached hydrogens (tertiary/aromatic N) is 1. The van der Waals surface area contributed by atoms with Crippen LogP contribution in [0.15, 0.2) is 201 Å². The lowest BCUT2D eigenvalue weighted by Crippen LogP contribution is -2.32. The molecule has 0 radical (unpaired) electrons. The van der Waals surface area contributed by atoms with Crippen molar-refractivity contribution in [2.45, 2.75) is 10.9 Å². The zero-order valence-electron chi connectivity index (χ0n) is 30.2. The molecule has 56 heavy (non-hydrogen) atoms. The van der Waals surface area contributed by atoms with Crippen LogP contribution in [0.2, 0.25) is 0 Å². The summed E-state index contributed by atoms with van der Waals surface area (Å²) in [4.78, 5) is 7.95. The molecule has 10 aromatic rings. The van der Waals surface area contributed by atoms with Crippen LogP contribution < -0.4 is 5.32 Å². The van der Waals surface area contributed by atoms with Gasteiger partial charge >= 0.3 is 0 Å². The molecule has 0 aliphatic carbocycles. The van der Waals surface area contributed by atoms with E-state index in [-0.39, 0.29) is 6.04 Å². The van der Waals surface area contributed by atoms with Crippen LogP contribution >= 0.6 is 11.8 Å². The lowest BCUT2D eigenvalue weighted by atomic mass is 9.92. The van der Waals surface area contributed by atoms with Crippen LogP contribution in [0.5, 0.6) is 0 Å². The van der Waals surface area contributed by atoms with Gasteiger partial charge in [0.25, 0.3) is 0 Å². The average Bonchev–Trinajstić information content (AvgIpc) is 3.84. The first-order valence-corrected chi connectivity index (χ1v) is 19.9. The number of hydrogen-bond donors (Lipinski definition) is 1. The van der Waals surface area contributed by atoms with Crippen molar-refractivity contribution in [1.29, 1.82) is 0 Å². The van der Waals surface area contributed by atoms with E-state index in [0.717, 1.165) is 55.7 Å². The molecule has 3 nitrogen and oxygen atoms in total. The first-order valence-electron chi connectivity index (χ1n) is 19.1. The molecule has 9 aromatic carbocycles. The number of furan rings is 1. The summed E-state index contributed by atoms with van der Waals surface area (Å²) in [5.74, 6) is 0.855. The molecule has 2 aliphatic heterocycles. The van der Waals surface area contributed by atoms with Crippen LogP contribution in [0.1, 0.15) is 22.7 Å². The minimum atomic E-state index is 0.0146. The zero-order chi connectivity index (χ0) is 36.7. The molecule has 0 fully saturated rings. The van der Waals surface area contributed by atoms with Crippen LogP contribution in [0.3, 0.4) is 0 Å². The Bertz CT molecular complexity index is 3320. The molecular weight excluding hydrogens is 701 g/mol. The molecule has 1 aromatic heterocycles. The third-order valence-electron chi connectivity index (χ3n) is 11.5. The van der Waals surface area contributed by atoms with Crippen molar-refractivity contribution in [2.24, 2.45) is 4.99 Å². The fraction of sp³-hybridized carbons (Fsp3) is 0.0192. The predicted octanol–water partition coefficient (Wildman–Crippen LogP) is 13.9. The van der Waals surface area contributed by atoms with Gasteiger partial charge in [-0.3, -0.25) is 0 Å². The van der Waals surface area contributed by atoms with Crippen molar-refractivity contribution in [3.8, 4) is 22.3 Å². The van der Waals surface area contributed by atoms with E-state index in [4.69, 9.17) is 9.41 Å². The van der Waals surface area contributed by atoms with Gasteiger partial charge in [-0.15, -0.1) is 0 Å². The van der Waals surface area contributed by atoms with Crippen LogP contribution in [-0.2, 0) is 0 Å². The largest absolute Gasteiger partial charge is 0.456 e. The molecule has 0 saturated carbocycles. The van der Waals surface area contributed by atoms with E-state index in [1.54, 1.807) is 0 Å². The van der Waals surface area contributed by atoms with Gasteiger partial charge in [-0.2, -0.15) is 0 Å². The third kappa shape index (κ3) is 4.89. The molecule has 1 unspecified atom stereocenters. The second-order valence-corrected chi connectivity index (χ2v) is 15.8. The van der Waals surface area contributed by atoms with E-state index in [1.807, 2.05) is 11.8 Å². The van der Waals surface area contributed by atoms with Crippen molar-refractivity contribution in [1.82, 2.24) is 5.32 Å². The van der Waals surface area contributed by atoms with Gasteiger partial charge in [0.1, 0.15) is 17.0 Å². The summed E-state index contributed by atoms with van der Waals surface area (Å²) in [6.45, 7) is 0. The minimum Gasteiger partial charge on any atom is -0.456 e. The monoisotopic (exact) mass is 732 g/mol. The fourth-order valence-electron chi connectivity index (χ4n) is 8.81. The smallest absolute Gasteiger partial charge is 0.136 e. The highest BCUT2D eigenvalue weighted by Gasteiger charge is 2.35. The van der Waals surface area contributed by atoms with E-state index in [9.17, 15) is 0 Å². The molecule has 0 amide bonds. The molecule has 1 atom stereocenters. The van der Waals surface area contributed by atoms with Crippen molar-refractivity contribution in [3.05, 3.63) is 204 Å². The molecule has 2 aliphatic rings. The Kier molecular flexibility index (Phi) is 6.92. The van der Waals surface area contributed by atoms with Crippen molar-refractivity contribution in [2.75, 3.05) is 0 Å². The van der Waals surface area contributed by atoms with Gasteiger partial charge in [0, 0.05) is 31.7 Å². The highest BCUT2D eigenvalue weighted by atomic mass is 32.2. The average molecular weight is 733 g/mol. The highest BCUT2D eigenvalue weighted by molar-refractivity contribution is 8.03. The van der Waals surface area contributed by atoms with Gasteiger partial charge in [-0.1, -0.05) is 157 Å². The van der Waals surface area contributed by atoms with E-state index >= 15 is 0 Å². The Morgan fingerprint density at radius 2 is 1.18 bits per heavy atom. The summed E-state index contributed by atoms with van der Waals surface area (Å²) < 4.78 is 6.63. The molecule has 262 valence electrons. The Morgan fingerprint density at radius 3 is 2.07 bits per heavy atom. The minimum absolute atomic E-state index is 0.0146. The van der Waals surface area contributed by atoms with Gasteiger partial charge in [0.15, 0.2) is 0 Å². The van der Waals surface area contributed by atoms with Crippen LogP contribution in [0.4, 0.5) is 0 Å². The van der Waals surface area contributed by atoms with Crippen LogP contribution in [0, 0.1) is 0 Å². The zero-order valence-corrected chi connectivity index (χ0v) is 31.0. The summed E-state index contributed by atoms with van der Waals surface area (Å²) in [6, 6.07) is 65.5. The van der Waals surface area contributed by atoms with E-state index in [0.29, 0.717) is 0 Å². The van der Waals surface area contributed by atoms with E-state index in [1.165, 1.54) is 58.8 Å². The number of rotatable bonds is 4. The Hall–Kier alpha value is -6.88. The van der Waals surface area contributed by atoms with Gasteiger partial charge in [0.05, 0.1) is 11.7 Å². The number of hydrogen-bond acceptors (Lipinski definition) is 4. The molecule has 3 heterocycles. The predicted molar refractivity (Wildman–Crippen MR) is 235 cm³/mol. The number of aliphatic imine (C=N–C) groups is 1. The summed E-state index contributed by atoms with van der Waals surface area (Å²) in [5, 5.41) is 13.5. The molecule has 0 bridgehead atoms. The molecule has 1 N–H and O–H groups in total. The maximum Gasteiger partial charge on any atom is 0.136 e. The number of fused-ring (bicyclic) bond motifs is 10. The molecule has 0 saturated heterocycles. The maximum atomic E-state index is 6.63. The summed E-state index contributed by atoms with van der Waals surface area (Å²) in [5.41, 5.74) is 10.9. The van der Waals surface area contributed by atoms with Crippen LogP contribution in [0.25, 0.3) is 82.2 Å². The van der Waals surface area contributed by atoms with E-state index in [2.05, 4.69) is 187 Å². The van der Waals surface area contributed by atoms with Crippen molar-refractivity contribution < 1.29 is 4.42 Å². The SMILES string of the molecule is c1ccc2c(c1)SC1=C(c3ccc4ccccc4c3)N=C(c3cccc4oc5cc(-c6ccc(-c7cc8ccccc8c8ccccc78)cc6)ccc5c34)NC12. The van der Waals surface area contributed by atoms with Gasteiger partial charge in [-0.05, 0) is 96.5 Å². The van der Waals surface area contributed by atoms with Crippen LogP contribution in [-0.4, -0.2) is 5.84 Å². The number of benzene rings is 9. The maximum absolute atomic E-state index is 6.63. The normalized spacial score (nSPS) is 15.1. The topological polar surface area (TPSA) is 37.5 Å². The number of amidine groups is 1. The summed E-state index contributed by atoms with van der Waals surface area (Å²) >= 11 is 1.82. The Balaban J connectivity index is 0.947. The quantitative estimate of drug-likeness (QED) is 0.183. The first kappa shape index (κ1) is 31.5. The Morgan fingerprint density at radius 1 is 0.464 bits per heavy atom. The highest BCUT2D eigenvalue weighted by Crippen LogP contribution is 2.52. The standard InChI is InChI=1S/C52H32N2OS/c1-2-11-34-28-37(25-22-31(34)10-1)49-51-50(42-16-7-8-19-47(42)56-51)54-52(53-49)43-17-9-18-45-48(43)41-27-26-35(30-46(41)55-45)32-20-23-33(24-21-32)44-29-36-12-3-4-13-38(36)39-14-5-6-15-40(39)44/h1-30,50H,(H,53,54). The second kappa shape index (κ2) is 12.3. The van der Waals surface area contributed by atoms with Crippen molar-refractivity contribution in [3.63, 3.8) is 0 Å². The molecule has 4 heteroatoms. The van der Waals surface area contributed by atoms with Gasteiger partial charge < -0.3 is 9.73 Å². The molecule has 0 spiro atoms. The van der Waals surface area contributed by atoms with Gasteiger partial charge in [-0.25, -0.2) is 4.99 Å². The van der Waals surface area contributed by atoms with Crippen molar-refractivity contribution >= 4 is 77.6 Å². The third-order valence-corrected chi connectivity index (χ3v) is 12.8. The summed E-state index contributed by atoms with van der Waals surface area (Å²) in [6.07, 6.45) is 0. The molecular formula is C52H32N2OS. The number of nitrogens with one attached hydrogen (secondary N) is 1. The second-order valence-electron chi connectivity index (χ2n) is 14.7. The van der Waals surface area contributed by atoms with E-state index < -0.39 is 0 Å². The molecule has 12 rings (SSSR count). The first-order chi connectivity index (χ1) is 27.7. The number of thioether (sulfide) groups is 1. The van der Waals surface area contributed by atoms with Gasteiger partial charge in [0.2, 0.25) is 0 Å². The lowest BCUT2D eigenvalue weighted by molar-refractivity contribution is 0.669. The Labute approximate surface area is 327 Å².